The Balaban J connectivity index is 0.700. The lowest BCUT2D eigenvalue weighted by Crippen LogP contribution is -2.22. The number of hydrogen-bond acceptors (Lipinski definition) is 12. The Kier molecular flexibility index (Phi) is 10.7. The topological polar surface area (TPSA) is 249 Å². The molecule has 32 bridgehead atoms. The number of pyridine rings is 8. The second-order valence-electron chi connectivity index (χ2n) is 33.1. The second-order valence-corrected chi connectivity index (χ2v) is 33.1. The third kappa shape index (κ3) is 7.91. The van der Waals surface area contributed by atoms with E-state index in [4.69, 9.17) is 59.8 Å². The van der Waals surface area contributed by atoms with Gasteiger partial charge < -0.3 is 29.9 Å². The highest BCUT2D eigenvalue weighted by molar-refractivity contribution is 6.34. The number of nitrogens with one attached hydrogen (secondary N) is 6. The van der Waals surface area contributed by atoms with Crippen molar-refractivity contribution in [2.24, 2.45) is 4.99 Å². The van der Waals surface area contributed by atoms with Crippen LogP contribution in [0.2, 0.25) is 0 Å². The third-order valence-corrected chi connectivity index (χ3v) is 26.4. The van der Waals surface area contributed by atoms with Crippen molar-refractivity contribution in [3.8, 4) is 22.5 Å². The van der Waals surface area contributed by atoms with Gasteiger partial charge in [-0.05, 0) is 133 Å². The van der Waals surface area contributed by atoms with Crippen LogP contribution >= 0.6 is 0 Å². The zero-order valence-corrected chi connectivity index (χ0v) is 62.9. The standard InChI is InChI=1S/C102H50N18/c1-3-45-11-19-73-83-65-39-57-35-59-41-67-85-75-24-16-50-8-6-48-14-22-72(118-94(48)96(50)120-75)82-64-38-56-34-54-30-52-32-78-62(26-28-104-78)80(88(52)106-54)70-18-10-44-2-4-46-12-20-74(116-92(46)90(44)114-70)84(98(64)108-56)66-40-58(110-100(66)82)36-60-42-68(102(85)112-60)86(101(67)111-59)76-23-15-49-7-5-47-13-21-71(117-93(47)95(49)119-76)81(99(65)109-57)63-37-55(107-97(63)83)33-53-29-51-31-77-61(25-27-103-77)79(87(51)105-53)69-17-9-43(1)89(113-69)91(45)115-73/h1-27,29-35,37-42,103,106-107,110-112H,28,36H2. The molecule has 29 aromatic rings. The van der Waals surface area contributed by atoms with Gasteiger partial charge in [-0.15, -0.1) is 0 Å². The van der Waals surface area contributed by atoms with E-state index in [1.807, 2.05) is 6.20 Å². The number of H-pyrrole nitrogens is 6. The minimum atomic E-state index is 0.488. The molecule has 0 aliphatic carbocycles. The molecule has 31 rings (SSSR count). The number of hydrogen-bond donors (Lipinski definition) is 6. The smallest absolute Gasteiger partial charge is 0.0972 e. The highest BCUT2D eigenvalue weighted by Crippen LogP contribution is 2.49. The summed E-state index contributed by atoms with van der Waals surface area (Å²) in [5.74, 6) is 0. The monoisotopic (exact) mass is 1530 g/mol. The molecule has 0 amide bonds. The lowest BCUT2D eigenvalue weighted by molar-refractivity contribution is 1.07. The maximum atomic E-state index is 5.88. The molecule has 0 spiro atoms. The first-order chi connectivity index (χ1) is 59.3. The summed E-state index contributed by atoms with van der Waals surface area (Å²) in [6, 6.07) is 83.0. The fraction of sp³-hybridized carbons (Fsp3) is 0.0196. The molecular formula is C102H50N18. The molecule has 120 heavy (non-hydrogen) atoms. The fourth-order valence-corrected chi connectivity index (χ4v) is 21.2. The highest BCUT2D eigenvalue weighted by atomic mass is 14.9. The first kappa shape index (κ1) is 60.9. The van der Waals surface area contributed by atoms with Crippen molar-refractivity contribution in [1.82, 2.24) is 84.7 Å². The van der Waals surface area contributed by atoms with Crippen LogP contribution < -0.4 is 10.6 Å². The molecular weight excluding hydrogens is 1480 g/mol. The molecule has 0 radical (unpaired) electrons. The van der Waals surface area contributed by atoms with E-state index in [0.717, 1.165) is 328 Å². The SMILES string of the molecule is C1=c2c(cc3cc4cc5cc6c7c8[nH]c(cc8c(c8ccc9ccc%10ccc(nc%10c9n8)c2c3[nH]4)c6n5)Cc2cc3c([nH]2)c(c2cc4cc5cc6c(n5)c(c5ccc8ccc9ccc(nc9c8n5)c3c2[nH]4)c2cc3cc4cc5cc8[nH]ccc8c(c8ccc9ccc%10ccc(nc%10c9n8)c6c2[nH]3)c5n4)-c2ccc3ccc4ccc-7nc4c3n2)=NC1. The lowest BCUT2D eigenvalue weighted by atomic mass is 9.97. The molecule has 9 aromatic carbocycles. The van der Waals surface area contributed by atoms with Gasteiger partial charge in [0.2, 0.25) is 0 Å². The van der Waals surface area contributed by atoms with Gasteiger partial charge in [0.1, 0.15) is 0 Å². The van der Waals surface area contributed by atoms with E-state index in [1.165, 1.54) is 0 Å². The molecule has 0 unspecified atom stereocenters. The summed E-state index contributed by atoms with van der Waals surface area (Å²) >= 11 is 0. The van der Waals surface area contributed by atoms with Gasteiger partial charge in [-0.25, -0.2) is 54.8 Å². The largest absolute Gasteiger partial charge is 0.361 e. The van der Waals surface area contributed by atoms with E-state index >= 15 is 0 Å². The Labute approximate surface area is 669 Å². The average Bonchev–Trinajstić information content (AvgIpc) is 1.49. The van der Waals surface area contributed by atoms with E-state index in [2.05, 4.69) is 267 Å². The zero-order valence-electron chi connectivity index (χ0n) is 62.9. The van der Waals surface area contributed by atoms with E-state index in [1.54, 1.807) is 0 Å². The Hall–Kier alpha value is -16.6. The van der Waals surface area contributed by atoms with Crippen LogP contribution in [0.15, 0.2) is 242 Å². The molecule has 0 saturated carbocycles. The maximum Gasteiger partial charge on any atom is 0.0972 e. The summed E-state index contributed by atoms with van der Waals surface area (Å²) in [5.41, 5.74) is 29.7. The van der Waals surface area contributed by atoms with Crippen LogP contribution in [0, 0.1) is 0 Å². The molecule has 18 nitrogen and oxygen atoms in total. The van der Waals surface area contributed by atoms with Crippen LogP contribution in [0.4, 0.5) is 0 Å². The molecule has 18 heteroatoms. The molecule has 0 atom stereocenters. The van der Waals surface area contributed by atoms with Crippen LogP contribution in [-0.4, -0.2) is 91.3 Å². The Morgan fingerprint density at radius 2 is 0.650 bits per heavy atom. The third-order valence-electron chi connectivity index (χ3n) is 26.4. The minimum Gasteiger partial charge on any atom is -0.361 e. The van der Waals surface area contributed by atoms with Crippen molar-refractivity contribution in [3.63, 3.8) is 0 Å². The normalized spacial score (nSPS) is 13.4. The van der Waals surface area contributed by atoms with Crippen molar-refractivity contribution >= 4 is 290 Å². The Morgan fingerprint density at radius 3 is 1.21 bits per heavy atom. The minimum absolute atomic E-state index is 0.488. The van der Waals surface area contributed by atoms with E-state index < -0.39 is 0 Å². The summed E-state index contributed by atoms with van der Waals surface area (Å²) in [6.45, 7) is 0.619. The molecule has 22 heterocycles. The van der Waals surface area contributed by atoms with Crippen LogP contribution in [0.5, 0.6) is 0 Å². The van der Waals surface area contributed by atoms with Crippen molar-refractivity contribution in [1.29, 1.82) is 0 Å². The first-order valence-corrected chi connectivity index (χ1v) is 40.5. The lowest BCUT2D eigenvalue weighted by Gasteiger charge is -2.12. The van der Waals surface area contributed by atoms with Gasteiger partial charge in [0.15, 0.2) is 0 Å². The summed E-state index contributed by atoms with van der Waals surface area (Å²) in [4.78, 5) is 91.7. The van der Waals surface area contributed by atoms with Crippen LogP contribution in [0.1, 0.15) is 11.4 Å². The highest BCUT2D eigenvalue weighted by Gasteiger charge is 2.28. The Morgan fingerprint density at radius 1 is 0.242 bits per heavy atom. The molecule has 548 valence electrons. The zero-order chi connectivity index (χ0) is 77.1. The van der Waals surface area contributed by atoms with E-state index in [0.29, 0.717) is 13.0 Å². The van der Waals surface area contributed by atoms with Crippen molar-refractivity contribution in [2.45, 2.75) is 6.42 Å². The number of fused-ring (bicyclic) bond motifs is 34. The van der Waals surface area contributed by atoms with Gasteiger partial charge in [0.05, 0.1) is 161 Å². The van der Waals surface area contributed by atoms with Crippen molar-refractivity contribution < 1.29 is 0 Å². The maximum absolute atomic E-state index is 5.88. The van der Waals surface area contributed by atoms with Gasteiger partial charge in [-0.2, -0.15) is 0 Å². The summed E-state index contributed by atoms with van der Waals surface area (Å²) in [5, 5.41) is 24.3. The number of aromatic nitrogens is 17. The van der Waals surface area contributed by atoms with E-state index in [9.17, 15) is 0 Å². The molecule has 6 N–H and O–H groups in total. The van der Waals surface area contributed by atoms with Gasteiger partial charge >= 0.3 is 0 Å². The van der Waals surface area contributed by atoms with Gasteiger partial charge in [0.25, 0.3) is 0 Å². The predicted octanol–water partition coefficient (Wildman–Crippen LogP) is 22.6. The average molecular weight is 1530 g/mol. The van der Waals surface area contributed by atoms with Gasteiger partial charge in [-0.3, -0.25) is 4.99 Å². The molecule has 20 aromatic heterocycles. The molecule has 2 aliphatic rings. The number of nitrogens with zero attached hydrogens (tertiary/aromatic N) is 12. The van der Waals surface area contributed by atoms with Gasteiger partial charge in [0, 0.05) is 186 Å². The fourth-order valence-electron chi connectivity index (χ4n) is 21.2. The summed E-state index contributed by atoms with van der Waals surface area (Å²) in [7, 11) is 0. The molecule has 0 saturated heterocycles. The second kappa shape index (κ2) is 21.1. The summed E-state index contributed by atoms with van der Waals surface area (Å²) in [6.07, 6.45) is 4.69. The summed E-state index contributed by atoms with van der Waals surface area (Å²) < 4.78 is 0. The van der Waals surface area contributed by atoms with E-state index in [-0.39, 0.29) is 0 Å². The number of benzene rings is 9. The predicted molar refractivity (Wildman–Crippen MR) is 487 cm³/mol. The number of rotatable bonds is 0. The molecule has 2 aliphatic heterocycles. The quantitative estimate of drug-likeness (QED) is 0.0779. The Bertz CT molecular complexity index is 10300. The van der Waals surface area contributed by atoms with Crippen LogP contribution in [-0.2, 0) is 6.42 Å². The van der Waals surface area contributed by atoms with Crippen molar-refractivity contribution in [3.05, 3.63) is 259 Å². The van der Waals surface area contributed by atoms with Crippen LogP contribution in [0.25, 0.3) is 312 Å². The van der Waals surface area contributed by atoms with Gasteiger partial charge in [-0.1, -0.05) is 103 Å². The van der Waals surface area contributed by atoms with Crippen LogP contribution in [0.3, 0.4) is 0 Å². The van der Waals surface area contributed by atoms with Crippen molar-refractivity contribution in [2.75, 3.05) is 6.54 Å². The first-order valence-electron chi connectivity index (χ1n) is 40.5. The molecule has 0 fully saturated rings. The number of aromatic amines is 6.